The summed E-state index contributed by atoms with van der Waals surface area (Å²) >= 11 is 0. The van der Waals surface area contributed by atoms with E-state index >= 15 is 0 Å². The molecule has 0 saturated carbocycles. The van der Waals surface area contributed by atoms with Crippen molar-refractivity contribution >= 4 is 77.2 Å². The quantitative estimate of drug-likeness (QED) is 0.174. The van der Waals surface area contributed by atoms with Gasteiger partial charge in [-0.25, -0.2) is 0 Å². The number of para-hydroxylation sites is 2. The van der Waals surface area contributed by atoms with Crippen molar-refractivity contribution < 1.29 is 5.11 Å². The van der Waals surface area contributed by atoms with Crippen LogP contribution in [0.3, 0.4) is 0 Å². The Balaban J connectivity index is 1.04. The number of benzene rings is 9. The fraction of sp³-hybridized carbons (Fsp3) is 0.0526. The summed E-state index contributed by atoms with van der Waals surface area (Å²) in [7, 11) is 0. The van der Waals surface area contributed by atoms with Crippen molar-refractivity contribution in [2.24, 2.45) is 0 Å². The number of aromatic hydroxyl groups is 1. The predicted molar refractivity (Wildman–Crippen MR) is 255 cm³/mol. The van der Waals surface area contributed by atoms with Crippen LogP contribution in [0.5, 0.6) is 5.88 Å². The summed E-state index contributed by atoms with van der Waals surface area (Å²) in [6.07, 6.45) is 10.8. The zero-order valence-corrected chi connectivity index (χ0v) is 33.2. The molecule has 0 fully saturated rings. The predicted octanol–water partition coefficient (Wildman–Crippen LogP) is 15.2. The number of hydrogen-bond acceptors (Lipinski definition) is 1. The van der Waals surface area contributed by atoms with Gasteiger partial charge in [0.2, 0.25) is 5.88 Å². The minimum atomic E-state index is 0.244. The van der Waals surface area contributed by atoms with E-state index in [0.29, 0.717) is 0 Å². The van der Waals surface area contributed by atoms with Crippen molar-refractivity contribution in [1.29, 1.82) is 0 Å². The Bertz CT molecular complexity index is 3620. The maximum atomic E-state index is 11.5. The van der Waals surface area contributed by atoms with Crippen molar-refractivity contribution in [1.82, 2.24) is 9.13 Å². The van der Waals surface area contributed by atoms with E-state index in [4.69, 9.17) is 0 Å². The Morgan fingerprint density at radius 3 is 2.00 bits per heavy atom. The van der Waals surface area contributed by atoms with Gasteiger partial charge in [0.25, 0.3) is 0 Å². The van der Waals surface area contributed by atoms with Gasteiger partial charge < -0.3 is 9.67 Å². The fourth-order valence-electron chi connectivity index (χ4n) is 10.1. The maximum absolute atomic E-state index is 11.5. The third-order valence-corrected chi connectivity index (χ3v) is 12.8. The van der Waals surface area contributed by atoms with E-state index < -0.39 is 0 Å². The van der Waals surface area contributed by atoms with Crippen LogP contribution >= 0.6 is 0 Å². The molecule has 2 aromatic heterocycles. The van der Waals surface area contributed by atoms with E-state index in [1.807, 2.05) is 54.0 Å². The van der Waals surface area contributed by atoms with Gasteiger partial charge in [-0.1, -0.05) is 140 Å². The first-order valence-corrected chi connectivity index (χ1v) is 20.9. The largest absolute Gasteiger partial charge is 0.494 e. The second-order valence-electron chi connectivity index (χ2n) is 16.0. The highest BCUT2D eigenvalue weighted by Gasteiger charge is 2.22. The summed E-state index contributed by atoms with van der Waals surface area (Å²) in [5.74, 6) is 0.244. The summed E-state index contributed by atoms with van der Waals surface area (Å²) in [6, 6.07) is 61.8. The molecule has 3 nitrogen and oxygen atoms in total. The lowest BCUT2D eigenvalue weighted by atomic mass is 9.83. The summed E-state index contributed by atoms with van der Waals surface area (Å²) < 4.78 is 4.40. The second-order valence-corrected chi connectivity index (χ2v) is 16.0. The highest BCUT2D eigenvalue weighted by atomic mass is 16.3. The number of allylic oxidation sites excluding steroid dienone is 2. The van der Waals surface area contributed by atoms with Gasteiger partial charge in [0.1, 0.15) is 0 Å². The first-order chi connectivity index (χ1) is 29.7. The van der Waals surface area contributed by atoms with E-state index in [1.54, 1.807) is 0 Å². The van der Waals surface area contributed by atoms with Crippen molar-refractivity contribution in [2.45, 2.75) is 19.8 Å². The molecule has 0 bridgehead atoms. The van der Waals surface area contributed by atoms with Crippen molar-refractivity contribution in [3.63, 3.8) is 0 Å². The van der Waals surface area contributed by atoms with Crippen LogP contribution in [0.4, 0.5) is 0 Å². The van der Waals surface area contributed by atoms with Crippen LogP contribution in [0, 0.1) is 0 Å². The molecule has 2 heterocycles. The topological polar surface area (TPSA) is 30.1 Å². The molecular formula is C57H40N2O. The lowest BCUT2D eigenvalue weighted by molar-refractivity contribution is 0.444. The molecule has 60 heavy (non-hydrogen) atoms. The van der Waals surface area contributed by atoms with Gasteiger partial charge in [0.15, 0.2) is 0 Å². The van der Waals surface area contributed by atoms with Gasteiger partial charge in [0.05, 0.1) is 22.2 Å². The molecule has 3 heteroatoms. The van der Waals surface area contributed by atoms with Crippen LogP contribution < -0.4 is 0 Å². The summed E-state index contributed by atoms with van der Waals surface area (Å²) in [6.45, 7) is 1.99. The Labute approximate surface area is 348 Å². The van der Waals surface area contributed by atoms with Crippen molar-refractivity contribution in [3.8, 4) is 39.5 Å². The minimum absolute atomic E-state index is 0.244. The van der Waals surface area contributed by atoms with Crippen LogP contribution in [0.2, 0.25) is 0 Å². The molecule has 0 aliphatic heterocycles. The molecule has 12 rings (SSSR count). The molecule has 284 valence electrons. The van der Waals surface area contributed by atoms with Crippen LogP contribution in [0.15, 0.2) is 182 Å². The van der Waals surface area contributed by atoms with Gasteiger partial charge in [-0.05, 0) is 135 Å². The molecule has 9 aromatic carbocycles. The third-order valence-electron chi connectivity index (χ3n) is 12.8. The summed E-state index contributed by atoms with van der Waals surface area (Å²) in [5.41, 5.74) is 13.9. The Kier molecular flexibility index (Phi) is 7.73. The molecule has 0 amide bonds. The molecule has 0 unspecified atom stereocenters. The average Bonchev–Trinajstić information content (AvgIpc) is 3.78. The highest BCUT2D eigenvalue weighted by molar-refractivity contribution is 6.15. The van der Waals surface area contributed by atoms with E-state index in [2.05, 4.69) is 156 Å². The monoisotopic (exact) mass is 768 g/mol. The molecule has 1 aliphatic rings. The summed E-state index contributed by atoms with van der Waals surface area (Å²) in [5, 5.41) is 22.6. The fourth-order valence-corrected chi connectivity index (χ4v) is 10.1. The Morgan fingerprint density at radius 2 is 1.18 bits per heavy atom. The van der Waals surface area contributed by atoms with Gasteiger partial charge >= 0.3 is 0 Å². The molecule has 0 radical (unpaired) electrons. The van der Waals surface area contributed by atoms with Crippen molar-refractivity contribution in [3.05, 3.63) is 199 Å². The minimum Gasteiger partial charge on any atom is -0.494 e. The SMILES string of the molecule is C/C=C\c1c(O)n(-c2ccccc2)c2ccc(-c3ccc4c(c3)c3ccccc3n4-c3ccc(-c4cc5c(ccc6ccccc65)c5c4CCC=C5)c4ccccc34)cc12. The zero-order valence-electron chi connectivity index (χ0n) is 33.2. The van der Waals surface area contributed by atoms with Gasteiger partial charge in [-0.3, -0.25) is 4.57 Å². The summed E-state index contributed by atoms with van der Waals surface area (Å²) in [4.78, 5) is 0. The maximum Gasteiger partial charge on any atom is 0.204 e. The van der Waals surface area contributed by atoms with E-state index in [-0.39, 0.29) is 5.88 Å². The number of fused-ring (bicyclic) bond motifs is 10. The Hall–Kier alpha value is -7.62. The number of aromatic nitrogens is 2. The Morgan fingerprint density at radius 1 is 0.500 bits per heavy atom. The van der Waals surface area contributed by atoms with Gasteiger partial charge in [-0.15, -0.1) is 0 Å². The van der Waals surface area contributed by atoms with Crippen LogP contribution in [-0.4, -0.2) is 14.2 Å². The first kappa shape index (κ1) is 34.4. The molecular weight excluding hydrogens is 729 g/mol. The zero-order chi connectivity index (χ0) is 39.9. The number of hydrogen-bond donors (Lipinski definition) is 1. The average molecular weight is 769 g/mol. The van der Waals surface area contributed by atoms with E-state index in [9.17, 15) is 5.11 Å². The smallest absolute Gasteiger partial charge is 0.204 e. The second kappa shape index (κ2) is 13.5. The lowest BCUT2D eigenvalue weighted by Gasteiger charge is -2.22. The molecule has 1 aliphatic carbocycles. The molecule has 1 N–H and O–H groups in total. The molecule has 0 saturated heterocycles. The molecule has 11 aromatic rings. The standard InChI is InChI=1S/C57H40N2O/c1-2-14-48-52-34-38(26-30-55(52)58(57(48)60)39-16-4-3-5-17-39)37-27-31-56-51(33-37)47-23-12-13-24-53(47)59(56)54-32-29-45(42-20-10-11-22-46(42)54)50-35-49-40-18-7-6-15-36(40)25-28-44(49)41-19-8-9-21-43(41)50/h2-8,10-20,22-35,60H,9,21H2,1H3/b14-2-. The number of rotatable bonds is 5. The van der Waals surface area contributed by atoms with Crippen molar-refractivity contribution in [2.75, 3.05) is 0 Å². The normalized spacial score (nSPS) is 12.9. The van der Waals surface area contributed by atoms with Crippen LogP contribution in [0.1, 0.15) is 30.0 Å². The van der Waals surface area contributed by atoms with Gasteiger partial charge in [-0.2, -0.15) is 0 Å². The van der Waals surface area contributed by atoms with Crippen LogP contribution in [0.25, 0.3) is 111 Å². The van der Waals surface area contributed by atoms with E-state index in [1.165, 1.54) is 82.1 Å². The van der Waals surface area contributed by atoms with Crippen LogP contribution in [-0.2, 0) is 6.42 Å². The third kappa shape index (κ3) is 5.09. The molecule has 0 atom stereocenters. The highest BCUT2D eigenvalue weighted by Crippen LogP contribution is 2.44. The first-order valence-electron chi connectivity index (χ1n) is 20.9. The lowest BCUT2D eigenvalue weighted by Crippen LogP contribution is -2.01. The number of nitrogens with zero attached hydrogens (tertiary/aromatic N) is 2. The molecule has 0 spiro atoms. The van der Waals surface area contributed by atoms with E-state index in [0.717, 1.165) is 46.1 Å². The van der Waals surface area contributed by atoms with Gasteiger partial charge in [0, 0.05) is 32.8 Å².